The minimum Gasteiger partial charge on any atom is -0.320 e. The van der Waals surface area contributed by atoms with Gasteiger partial charge in [-0.25, -0.2) is 0 Å². The van der Waals surface area contributed by atoms with Gasteiger partial charge in [0, 0.05) is 23.0 Å². The molecule has 1 saturated heterocycles. The van der Waals surface area contributed by atoms with Gasteiger partial charge in [-0.1, -0.05) is 18.8 Å². The Bertz CT molecular complexity index is 441. The van der Waals surface area contributed by atoms with Crippen LogP contribution in [-0.4, -0.2) is 24.0 Å². The Morgan fingerprint density at radius 1 is 1.50 bits per heavy atom. The highest BCUT2D eigenvalue weighted by molar-refractivity contribution is 7.10. The molecule has 0 saturated carbocycles. The molecule has 1 aromatic rings. The molecule has 0 bridgehead atoms. The van der Waals surface area contributed by atoms with Crippen molar-refractivity contribution in [3.63, 3.8) is 0 Å². The summed E-state index contributed by atoms with van der Waals surface area (Å²) in [5.74, 6) is 6.93. The van der Waals surface area contributed by atoms with Gasteiger partial charge in [0.15, 0.2) is 0 Å². The summed E-state index contributed by atoms with van der Waals surface area (Å²) in [6, 6.07) is 2.79. The number of nitrogens with two attached hydrogens (primary N) is 1. The van der Waals surface area contributed by atoms with Crippen LogP contribution < -0.4 is 5.73 Å². The van der Waals surface area contributed by atoms with Gasteiger partial charge in [0.25, 0.3) is 0 Å². The van der Waals surface area contributed by atoms with Gasteiger partial charge in [-0.2, -0.15) is 0 Å². The lowest BCUT2D eigenvalue weighted by Crippen LogP contribution is -2.41. The molecule has 98 valence electrons. The van der Waals surface area contributed by atoms with E-state index in [1.807, 2.05) is 11.3 Å². The first-order chi connectivity index (χ1) is 8.72. The zero-order valence-electron chi connectivity index (χ0n) is 11.3. The summed E-state index contributed by atoms with van der Waals surface area (Å²) >= 11 is 1.81. The van der Waals surface area contributed by atoms with Gasteiger partial charge >= 0.3 is 0 Å². The quantitative estimate of drug-likeness (QED) is 0.830. The maximum Gasteiger partial charge on any atom is 0.0555 e. The molecular weight excluding hydrogens is 240 g/mol. The number of thiophene rings is 1. The predicted octanol–water partition coefficient (Wildman–Crippen LogP) is 2.68. The number of hydrogen-bond acceptors (Lipinski definition) is 3. The van der Waals surface area contributed by atoms with Crippen LogP contribution in [0.15, 0.2) is 11.4 Å². The fourth-order valence-electron chi connectivity index (χ4n) is 2.55. The lowest BCUT2D eigenvalue weighted by molar-refractivity contribution is 0.107. The third-order valence-electron chi connectivity index (χ3n) is 3.92. The van der Waals surface area contributed by atoms with Crippen LogP contribution in [0.4, 0.5) is 0 Å². The largest absolute Gasteiger partial charge is 0.320 e. The third kappa shape index (κ3) is 3.14. The fraction of sp³-hybridized carbons (Fsp3) is 0.600. The van der Waals surface area contributed by atoms with Crippen molar-refractivity contribution in [1.29, 1.82) is 0 Å². The molecule has 0 spiro atoms. The van der Waals surface area contributed by atoms with Gasteiger partial charge in [-0.15, -0.1) is 11.3 Å². The fourth-order valence-corrected chi connectivity index (χ4v) is 3.40. The molecule has 1 aliphatic rings. The second kappa shape index (κ2) is 6.38. The summed E-state index contributed by atoms with van der Waals surface area (Å²) in [6.45, 7) is 7.40. The summed E-state index contributed by atoms with van der Waals surface area (Å²) in [4.78, 5) is 3.98. The minimum atomic E-state index is 0.437. The van der Waals surface area contributed by atoms with E-state index in [2.05, 4.69) is 42.0 Å². The Hall–Kier alpha value is -0.820. The predicted molar refractivity (Wildman–Crippen MR) is 78.5 cm³/mol. The molecule has 1 aromatic heterocycles. The maximum absolute atomic E-state index is 5.44. The summed E-state index contributed by atoms with van der Waals surface area (Å²) in [6.07, 6.45) is 2.68. The maximum atomic E-state index is 5.44. The standard InChI is InChI=1S/C15H22N2S/c1-12-5-4-9-17(13(12)2)11-15-14(6-3-8-16)7-10-18-15/h7,10,12-13H,4-5,8-9,11,16H2,1-2H3. The Morgan fingerprint density at radius 2 is 2.33 bits per heavy atom. The highest BCUT2D eigenvalue weighted by atomic mass is 32.1. The van der Waals surface area contributed by atoms with Crippen molar-refractivity contribution in [1.82, 2.24) is 4.90 Å². The van der Waals surface area contributed by atoms with Gasteiger partial charge in [-0.05, 0) is 43.7 Å². The van der Waals surface area contributed by atoms with Crippen molar-refractivity contribution in [2.45, 2.75) is 39.3 Å². The van der Waals surface area contributed by atoms with E-state index in [1.165, 1.54) is 24.3 Å². The smallest absolute Gasteiger partial charge is 0.0555 e. The lowest BCUT2D eigenvalue weighted by atomic mass is 9.92. The average molecular weight is 262 g/mol. The zero-order valence-corrected chi connectivity index (χ0v) is 12.1. The van der Waals surface area contributed by atoms with Gasteiger partial charge in [0.05, 0.1) is 6.54 Å². The molecule has 1 fully saturated rings. The average Bonchev–Trinajstić information content (AvgIpc) is 2.80. The van der Waals surface area contributed by atoms with Crippen molar-refractivity contribution in [3.05, 3.63) is 21.9 Å². The van der Waals surface area contributed by atoms with E-state index in [0.29, 0.717) is 12.6 Å². The summed E-state index contributed by atoms with van der Waals surface area (Å²) < 4.78 is 0. The van der Waals surface area contributed by atoms with E-state index in [1.54, 1.807) is 0 Å². The van der Waals surface area contributed by atoms with Crippen molar-refractivity contribution < 1.29 is 0 Å². The molecule has 0 aliphatic carbocycles. The van der Waals surface area contributed by atoms with Crippen LogP contribution in [0.5, 0.6) is 0 Å². The molecule has 2 nitrogen and oxygen atoms in total. The molecular formula is C15H22N2S. The van der Waals surface area contributed by atoms with E-state index >= 15 is 0 Å². The number of piperidine rings is 1. The molecule has 0 amide bonds. The van der Waals surface area contributed by atoms with Crippen molar-refractivity contribution in [2.24, 2.45) is 11.7 Å². The molecule has 2 atom stereocenters. The van der Waals surface area contributed by atoms with Gasteiger partial charge in [0.2, 0.25) is 0 Å². The minimum absolute atomic E-state index is 0.437. The molecule has 0 radical (unpaired) electrons. The Labute approximate surface area is 114 Å². The molecule has 18 heavy (non-hydrogen) atoms. The van der Waals surface area contributed by atoms with E-state index in [-0.39, 0.29) is 0 Å². The molecule has 1 aliphatic heterocycles. The second-order valence-corrected chi connectivity index (χ2v) is 6.09. The summed E-state index contributed by atoms with van der Waals surface area (Å²) in [5, 5.41) is 2.13. The Morgan fingerprint density at radius 3 is 3.11 bits per heavy atom. The lowest BCUT2D eigenvalue weighted by Gasteiger charge is -2.37. The van der Waals surface area contributed by atoms with Crippen LogP contribution >= 0.6 is 11.3 Å². The summed E-state index contributed by atoms with van der Waals surface area (Å²) in [7, 11) is 0. The molecule has 2 rings (SSSR count). The first kappa shape index (κ1) is 13.6. The monoisotopic (exact) mass is 262 g/mol. The molecule has 2 unspecified atom stereocenters. The number of nitrogens with zero attached hydrogens (tertiary/aromatic N) is 1. The number of likely N-dealkylation sites (tertiary alicyclic amines) is 1. The second-order valence-electron chi connectivity index (χ2n) is 5.09. The van der Waals surface area contributed by atoms with Crippen molar-refractivity contribution in [3.8, 4) is 11.8 Å². The van der Waals surface area contributed by atoms with E-state index in [9.17, 15) is 0 Å². The van der Waals surface area contributed by atoms with Crippen LogP contribution in [0.1, 0.15) is 37.1 Å². The van der Waals surface area contributed by atoms with Gasteiger partial charge < -0.3 is 5.73 Å². The Balaban J connectivity index is 2.07. The van der Waals surface area contributed by atoms with Gasteiger partial charge in [0.1, 0.15) is 0 Å². The summed E-state index contributed by atoms with van der Waals surface area (Å²) in [5.41, 5.74) is 6.60. The van der Waals surface area contributed by atoms with Crippen molar-refractivity contribution >= 4 is 11.3 Å². The Kier molecular flexibility index (Phi) is 4.82. The first-order valence-corrected chi connectivity index (χ1v) is 7.59. The molecule has 2 heterocycles. The molecule has 0 aromatic carbocycles. The van der Waals surface area contributed by atoms with E-state index in [4.69, 9.17) is 5.73 Å². The molecule has 2 N–H and O–H groups in total. The van der Waals surface area contributed by atoms with Crippen LogP contribution in [-0.2, 0) is 6.54 Å². The number of rotatable bonds is 2. The van der Waals surface area contributed by atoms with Gasteiger partial charge in [-0.3, -0.25) is 4.90 Å². The molecule has 3 heteroatoms. The SMILES string of the molecule is CC1CCCN(Cc2sccc2C#CCN)C1C. The third-order valence-corrected chi connectivity index (χ3v) is 4.83. The van der Waals surface area contributed by atoms with E-state index < -0.39 is 0 Å². The number of hydrogen-bond donors (Lipinski definition) is 1. The first-order valence-electron chi connectivity index (χ1n) is 6.71. The normalized spacial score (nSPS) is 24.6. The van der Waals surface area contributed by atoms with Crippen LogP contribution in [0.25, 0.3) is 0 Å². The topological polar surface area (TPSA) is 29.3 Å². The highest BCUT2D eigenvalue weighted by Crippen LogP contribution is 2.26. The highest BCUT2D eigenvalue weighted by Gasteiger charge is 2.25. The van der Waals surface area contributed by atoms with Crippen LogP contribution in [0.3, 0.4) is 0 Å². The van der Waals surface area contributed by atoms with Crippen molar-refractivity contribution in [2.75, 3.05) is 13.1 Å². The van der Waals surface area contributed by atoms with Crippen LogP contribution in [0.2, 0.25) is 0 Å². The van der Waals surface area contributed by atoms with E-state index in [0.717, 1.165) is 18.0 Å². The zero-order chi connectivity index (χ0) is 13.0. The van der Waals surface area contributed by atoms with Crippen LogP contribution in [0, 0.1) is 17.8 Å².